The van der Waals surface area contributed by atoms with E-state index in [0.29, 0.717) is 17.8 Å². The largest absolute Gasteiger partial charge is 0.480 e. The number of aliphatic carboxylic acids is 1. The van der Waals surface area contributed by atoms with Crippen molar-refractivity contribution >= 4 is 35.0 Å². The minimum absolute atomic E-state index is 0.0958. The van der Waals surface area contributed by atoms with Gasteiger partial charge in [0.25, 0.3) is 5.91 Å². The van der Waals surface area contributed by atoms with E-state index in [0.717, 1.165) is 30.8 Å². The number of rotatable bonds is 2. The van der Waals surface area contributed by atoms with Crippen molar-refractivity contribution in [2.24, 2.45) is 0 Å². The molecule has 3 heterocycles. The lowest BCUT2D eigenvalue weighted by Crippen LogP contribution is -2.47. The number of hydrogen-bond donors (Lipinski definition) is 1. The van der Waals surface area contributed by atoms with Gasteiger partial charge in [-0.05, 0) is 43.1 Å². The lowest BCUT2D eigenvalue weighted by atomic mass is 10.0. The number of thiophene rings is 1. The van der Waals surface area contributed by atoms with Gasteiger partial charge in [-0.25, -0.2) is 4.79 Å². The van der Waals surface area contributed by atoms with Crippen LogP contribution in [-0.2, 0) is 17.0 Å². The van der Waals surface area contributed by atoms with E-state index >= 15 is 0 Å². The van der Waals surface area contributed by atoms with Gasteiger partial charge in [-0.3, -0.25) is 4.79 Å². The Hall–Kier alpha value is -1.01. The summed E-state index contributed by atoms with van der Waals surface area (Å²) in [6.07, 6.45) is 3.39. The molecule has 2 aliphatic rings. The molecular formula is C14H17NO3S2. The quantitative estimate of drug-likeness (QED) is 0.912. The third kappa shape index (κ3) is 2.59. The summed E-state index contributed by atoms with van der Waals surface area (Å²) in [6.45, 7) is 0.563. The number of hydrogen-bond acceptors (Lipinski definition) is 4. The van der Waals surface area contributed by atoms with Crippen LogP contribution < -0.4 is 0 Å². The number of carboxylic acid groups (broad SMARTS) is 1. The monoisotopic (exact) mass is 311 g/mol. The first kappa shape index (κ1) is 13.9. The van der Waals surface area contributed by atoms with Crippen LogP contribution in [-0.4, -0.2) is 40.2 Å². The number of aryl methyl sites for hydroxylation is 1. The van der Waals surface area contributed by atoms with Gasteiger partial charge in [0.2, 0.25) is 0 Å². The summed E-state index contributed by atoms with van der Waals surface area (Å²) in [4.78, 5) is 27.5. The Morgan fingerprint density at radius 3 is 2.95 bits per heavy atom. The number of carbonyl (C=O) groups is 2. The van der Waals surface area contributed by atoms with Crippen molar-refractivity contribution in [3.63, 3.8) is 0 Å². The van der Waals surface area contributed by atoms with E-state index in [2.05, 4.69) is 0 Å². The topological polar surface area (TPSA) is 57.6 Å². The summed E-state index contributed by atoms with van der Waals surface area (Å²) in [6, 6.07) is 1.33. The average molecular weight is 311 g/mol. The van der Waals surface area contributed by atoms with E-state index < -0.39 is 12.0 Å². The van der Waals surface area contributed by atoms with Gasteiger partial charge in [-0.2, -0.15) is 11.8 Å². The fourth-order valence-electron chi connectivity index (χ4n) is 2.83. The molecule has 2 aliphatic heterocycles. The Morgan fingerprint density at radius 2 is 2.20 bits per heavy atom. The van der Waals surface area contributed by atoms with Crippen molar-refractivity contribution in [3.8, 4) is 0 Å². The summed E-state index contributed by atoms with van der Waals surface area (Å²) in [5.41, 5.74) is 1.26. The zero-order valence-corrected chi connectivity index (χ0v) is 12.8. The van der Waals surface area contributed by atoms with Crippen LogP contribution in [0, 0.1) is 0 Å². The van der Waals surface area contributed by atoms with E-state index in [-0.39, 0.29) is 5.91 Å². The van der Waals surface area contributed by atoms with E-state index in [1.54, 1.807) is 16.2 Å². The molecule has 1 atom stereocenters. The van der Waals surface area contributed by atoms with Crippen molar-refractivity contribution in [2.45, 2.75) is 37.5 Å². The molecule has 20 heavy (non-hydrogen) atoms. The standard InChI is InChI=1S/C14H17NO3S2/c16-13(15-5-2-1-3-10(15)14(17)18)12-7-9-8-19-6-4-11(9)20-12/h7,10H,1-6,8H2,(H,17,18)/t10-/m0/s1. The van der Waals surface area contributed by atoms with E-state index in [1.807, 2.05) is 17.8 Å². The summed E-state index contributed by atoms with van der Waals surface area (Å²) >= 11 is 3.44. The van der Waals surface area contributed by atoms with Gasteiger partial charge in [0.05, 0.1) is 4.88 Å². The van der Waals surface area contributed by atoms with Crippen LogP contribution in [0.2, 0.25) is 0 Å². The van der Waals surface area contributed by atoms with E-state index in [4.69, 9.17) is 0 Å². The molecule has 0 saturated carbocycles. The number of carboxylic acids is 1. The second-order valence-electron chi connectivity index (χ2n) is 5.21. The van der Waals surface area contributed by atoms with Crippen LogP contribution in [0.15, 0.2) is 6.07 Å². The molecule has 1 N–H and O–H groups in total. The fraction of sp³-hybridized carbons (Fsp3) is 0.571. The predicted molar refractivity (Wildman–Crippen MR) is 80.5 cm³/mol. The first-order valence-electron chi connectivity index (χ1n) is 6.90. The SMILES string of the molecule is O=C(O)[C@@H]1CCCCN1C(=O)c1cc2c(s1)CCSC2. The van der Waals surface area contributed by atoms with Crippen molar-refractivity contribution in [1.29, 1.82) is 0 Å². The highest BCUT2D eigenvalue weighted by atomic mass is 32.2. The van der Waals surface area contributed by atoms with Crippen LogP contribution in [0.5, 0.6) is 0 Å². The molecule has 1 fully saturated rings. The molecule has 0 unspecified atom stereocenters. The lowest BCUT2D eigenvalue weighted by molar-refractivity contribution is -0.143. The van der Waals surface area contributed by atoms with E-state index in [9.17, 15) is 14.7 Å². The average Bonchev–Trinajstić information content (AvgIpc) is 2.90. The number of fused-ring (bicyclic) bond motifs is 1. The maximum absolute atomic E-state index is 12.6. The molecular weight excluding hydrogens is 294 g/mol. The highest BCUT2D eigenvalue weighted by molar-refractivity contribution is 7.98. The Morgan fingerprint density at radius 1 is 1.35 bits per heavy atom. The van der Waals surface area contributed by atoms with Crippen molar-refractivity contribution < 1.29 is 14.7 Å². The molecule has 1 aromatic rings. The normalized spacial score (nSPS) is 22.4. The number of amides is 1. The minimum atomic E-state index is -0.880. The van der Waals surface area contributed by atoms with Crippen LogP contribution in [0.3, 0.4) is 0 Å². The summed E-state index contributed by atoms with van der Waals surface area (Å²) in [5.74, 6) is 1.11. The second kappa shape index (κ2) is 5.77. The van der Waals surface area contributed by atoms with Crippen LogP contribution in [0.1, 0.15) is 39.4 Å². The second-order valence-corrected chi connectivity index (χ2v) is 7.45. The van der Waals surface area contributed by atoms with Crippen LogP contribution >= 0.6 is 23.1 Å². The third-order valence-electron chi connectivity index (χ3n) is 3.89. The number of likely N-dealkylation sites (tertiary alicyclic amines) is 1. The smallest absolute Gasteiger partial charge is 0.326 e. The van der Waals surface area contributed by atoms with Crippen molar-refractivity contribution in [3.05, 3.63) is 21.4 Å². The predicted octanol–water partition coefficient (Wildman–Crippen LogP) is 2.62. The van der Waals surface area contributed by atoms with Crippen LogP contribution in [0.4, 0.5) is 0 Å². The molecule has 0 aromatic carbocycles. The molecule has 1 amide bonds. The summed E-state index contributed by atoms with van der Waals surface area (Å²) in [7, 11) is 0. The van der Waals surface area contributed by atoms with Gasteiger partial charge in [-0.15, -0.1) is 11.3 Å². The zero-order valence-electron chi connectivity index (χ0n) is 11.1. The Labute approximate surface area is 126 Å². The van der Waals surface area contributed by atoms with Gasteiger partial charge < -0.3 is 10.0 Å². The number of nitrogens with zero attached hydrogens (tertiary/aromatic N) is 1. The van der Waals surface area contributed by atoms with Gasteiger partial charge in [0.1, 0.15) is 6.04 Å². The third-order valence-corrected chi connectivity index (χ3v) is 6.12. The number of piperidine rings is 1. The van der Waals surface area contributed by atoms with Gasteiger partial charge in [0.15, 0.2) is 0 Å². The number of carbonyl (C=O) groups excluding carboxylic acids is 1. The Bertz CT molecular complexity index is 517. The summed E-state index contributed by atoms with van der Waals surface area (Å²) < 4.78 is 0. The fourth-order valence-corrected chi connectivity index (χ4v) is 5.15. The molecule has 0 spiro atoms. The first-order valence-corrected chi connectivity index (χ1v) is 8.87. The van der Waals surface area contributed by atoms with Gasteiger partial charge >= 0.3 is 5.97 Å². The minimum Gasteiger partial charge on any atom is -0.480 e. The molecule has 0 radical (unpaired) electrons. The number of thioether (sulfide) groups is 1. The Kier molecular flexibility index (Phi) is 4.03. The molecule has 1 saturated heterocycles. The van der Waals surface area contributed by atoms with Crippen molar-refractivity contribution in [2.75, 3.05) is 12.3 Å². The molecule has 3 rings (SSSR count). The maximum atomic E-state index is 12.6. The highest BCUT2D eigenvalue weighted by Crippen LogP contribution is 2.33. The lowest BCUT2D eigenvalue weighted by Gasteiger charge is -2.32. The molecule has 4 nitrogen and oxygen atoms in total. The zero-order chi connectivity index (χ0) is 14.1. The van der Waals surface area contributed by atoms with Crippen LogP contribution in [0.25, 0.3) is 0 Å². The Balaban J connectivity index is 1.83. The molecule has 1 aromatic heterocycles. The maximum Gasteiger partial charge on any atom is 0.326 e. The summed E-state index contributed by atoms with van der Waals surface area (Å²) in [5, 5.41) is 9.27. The molecule has 0 bridgehead atoms. The van der Waals surface area contributed by atoms with Gasteiger partial charge in [-0.1, -0.05) is 0 Å². The highest BCUT2D eigenvalue weighted by Gasteiger charge is 2.33. The molecule has 0 aliphatic carbocycles. The molecule has 108 valence electrons. The van der Waals surface area contributed by atoms with Gasteiger partial charge in [0, 0.05) is 17.2 Å². The van der Waals surface area contributed by atoms with Crippen molar-refractivity contribution in [1.82, 2.24) is 4.90 Å². The van der Waals surface area contributed by atoms with E-state index in [1.165, 1.54) is 10.4 Å². The first-order chi connectivity index (χ1) is 9.66. The molecule has 6 heteroatoms.